The molecule has 1 fully saturated rings. The second-order valence-corrected chi connectivity index (χ2v) is 5.49. The molecule has 1 heterocycles. The summed E-state index contributed by atoms with van der Waals surface area (Å²) in [5, 5.41) is 22.2. The molecule has 3 N–H and O–H groups in total. The Morgan fingerprint density at radius 2 is 2.11 bits per heavy atom. The highest BCUT2D eigenvalue weighted by Crippen LogP contribution is 2.39. The fourth-order valence-corrected chi connectivity index (χ4v) is 1.71. The number of aliphatic hydroxyl groups excluding tert-OH is 1. The van der Waals surface area contributed by atoms with Gasteiger partial charge in [0.25, 0.3) is 0 Å². The molecule has 18 heavy (non-hydrogen) atoms. The van der Waals surface area contributed by atoms with Crippen molar-refractivity contribution in [2.24, 2.45) is 0 Å². The molecule has 6 heteroatoms. The number of hydrogen-bond donors (Lipinski definition) is 3. The molecule has 1 aliphatic rings. The Bertz CT molecular complexity index is 447. The van der Waals surface area contributed by atoms with Crippen molar-refractivity contribution in [3.8, 4) is 0 Å². The molecule has 100 valence electrons. The van der Waals surface area contributed by atoms with Gasteiger partial charge in [-0.1, -0.05) is 11.6 Å². The molecule has 1 unspecified atom stereocenters. The SMILES string of the molecule is Cc1c(Cl)nc(C2CC2)nc1NCC(C)(O)CO. The van der Waals surface area contributed by atoms with Crippen molar-refractivity contribution in [3.63, 3.8) is 0 Å². The lowest BCUT2D eigenvalue weighted by Crippen LogP contribution is -2.37. The molecular weight excluding hydrogens is 254 g/mol. The summed E-state index contributed by atoms with van der Waals surface area (Å²) >= 11 is 6.07. The molecule has 0 saturated heterocycles. The van der Waals surface area contributed by atoms with Crippen LogP contribution in [0.2, 0.25) is 5.15 Å². The van der Waals surface area contributed by atoms with Crippen LogP contribution in [0.25, 0.3) is 0 Å². The van der Waals surface area contributed by atoms with E-state index in [-0.39, 0.29) is 13.2 Å². The summed E-state index contributed by atoms with van der Waals surface area (Å²) < 4.78 is 0. The van der Waals surface area contributed by atoms with Crippen LogP contribution in [0.5, 0.6) is 0 Å². The van der Waals surface area contributed by atoms with E-state index in [9.17, 15) is 5.11 Å². The predicted octanol–water partition coefficient (Wildman–Crippen LogP) is 1.47. The van der Waals surface area contributed by atoms with Gasteiger partial charge in [0, 0.05) is 18.0 Å². The Kier molecular flexibility index (Phi) is 3.75. The average molecular weight is 272 g/mol. The summed E-state index contributed by atoms with van der Waals surface area (Å²) in [4.78, 5) is 8.70. The number of nitrogens with one attached hydrogen (secondary N) is 1. The van der Waals surface area contributed by atoms with Gasteiger partial charge in [0.2, 0.25) is 0 Å². The van der Waals surface area contributed by atoms with Crippen molar-refractivity contribution in [1.82, 2.24) is 9.97 Å². The highest BCUT2D eigenvalue weighted by atomic mass is 35.5. The molecule has 5 nitrogen and oxygen atoms in total. The highest BCUT2D eigenvalue weighted by molar-refractivity contribution is 6.30. The van der Waals surface area contributed by atoms with Crippen LogP contribution in [0.15, 0.2) is 0 Å². The largest absolute Gasteiger partial charge is 0.393 e. The second kappa shape index (κ2) is 4.99. The minimum absolute atomic E-state index is 0.210. The number of aliphatic hydroxyl groups is 2. The zero-order valence-corrected chi connectivity index (χ0v) is 11.3. The lowest BCUT2D eigenvalue weighted by molar-refractivity contribution is 0.0131. The van der Waals surface area contributed by atoms with Gasteiger partial charge in [-0.25, -0.2) is 9.97 Å². The predicted molar refractivity (Wildman–Crippen MR) is 70.0 cm³/mol. The molecule has 0 spiro atoms. The Morgan fingerprint density at radius 1 is 1.44 bits per heavy atom. The van der Waals surface area contributed by atoms with Crippen LogP contribution in [0.4, 0.5) is 5.82 Å². The van der Waals surface area contributed by atoms with Crippen LogP contribution in [-0.2, 0) is 0 Å². The van der Waals surface area contributed by atoms with Gasteiger partial charge in [-0.3, -0.25) is 0 Å². The number of aromatic nitrogens is 2. The van der Waals surface area contributed by atoms with Gasteiger partial charge < -0.3 is 15.5 Å². The highest BCUT2D eigenvalue weighted by Gasteiger charge is 2.28. The van der Waals surface area contributed by atoms with Crippen molar-refractivity contribution in [2.75, 3.05) is 18.5 Å². The monoisotopic (exact) mass is 271 g/mol. The van der Waals surface area contributed by atoms with Gasteiger partial charge in [0.05, 0.1) is 6.61 Å². The summed E-state index contributed by atoms with van der Waals surface area (Å²) in [6.45, 7) is 3.28. The van der Waals surface area contributed by atoms with E-state index in [1.807, 2.05) is 6.92 Å². The Balaban J connectivity index is 2.16. The van der Waals surface area contributed by atoms with E-state index < -0.39 is 5.60 Å². The van der Waals surface area contributed by atoms with E-state index >= 15 is 0 Å². The molecular formula is C12H18ClN3O2. The minimum atomic E-state index is -1.18. The molecule has 0 aromatic carbocycles. The summed E-state index contributed by atoms with van der Waals surface area (Å²) in [5.74, 6) is 1.81. The Morgan fingerprint density at radius 3 is 2.67 bits per heavy atom. The molecule has 0 amide bonds. The van der Waals surface area contributed by atoms with Crippen LogP contribution in [0.3, 0.4) is 0 Å². The number of halogens is 1. The van der Waals surface area contributed by atoms with Crippen LogP contribution in [-0.4, -0.2) is 38.9 Å². The first-order valence-electron chi connectivity index (χ1n) is 6.04. The van der Waals surface area contributed by atoms with E-state index in [1.54, 1.807) is 6.92 Å². The normalized spacial score (nSPS) is 18.5. The zero-order chi connectivity index (χ0) is 13.3. The van der Waals surface area contributed by atoms with Gasteiger partial charge >= 0.3 is 0 Å². The molecule has 1 aromatic rings. The fourth-order valence-electron chi connectivity index (χ4n) is 1.53. The number of nitrogens with zero attached hydrogens (tertiary/aromatic N) is 2. The zero-order valence-electron chi connectivity index (χ0n) is 10.6. The molecule has 1 saturated carbocycles. The minimum Gasteiger partial charge on any atom is -0.393 e. The Hall–Kier alpha value is -0.910. The quantitative estimate of drug-likeness (QED) is 0.707. The standard InChI is InChI=1S/C12H18ClN3O2/c1-7-9(13)15-11(8-3-4-8)16-10(7)14-5-12(2,18)6-17/h8,17-18H,3-6H2,1-2H3,(H,14,15,16). The first kappa shape index (κ1) is 13.5. The van der Waals surface area contributed by atoms with E-state index in [0.29, 0.717) is 16.9 Å². The van der Waals surface area contributed by atoms with Gasteiger partial charge in [0.15, 0.2) is 0 Å². The van der Waals surface area contributed by atoms with Crippen molar-refractivity contribution >= 4 is 17.4 Å². The van der Waals surface area contributed by atoms with Gasteiger partial charge in [-0.15, -0.1) is 0 Å². The van der Waals surface area contributed by atoms with E-state index in [2.05, 4.69) is 15.3 Å². The number of hydrogen-bond acceptors (Lipinski definition) is 5. The summed E-state index contributed by atoms with van der Waals surface area (Å²) in [6.07, 6.45) is 2.21. The number of anilines is 1. The van der Waals surface area contributed by atoms with Gasteiger partial charge in [-0.2, -0.15) is 0 Å². The molecule has 2 rings (SSSR count). The third-order valence-electron chi connectivity index (χ3n) is 3.02. The summed E-state index contributed by atoms with van der Waals surface area (Å²) in [6, 6.07) is 0. The van der Waals surface area contributed by atoms with Crippen molar-refractivity contribution in [1.29, 1.82) is 0 Å². The first-order chi connectivity index (χ1) is 8.43. The van der Waals surface area contributed by atoms with E-state index in [0.717, 1.165) is 24.2 Å². The van der Waals surface area contributed by atoms with Crippen LogP contribution >= 0.6 is 11.6 Å². The average Bonchev–Trinajstić information content (AvgIpc) is 3.15. The van der Waals surface area contributed by atoms with Crippen LogP contribution in [0.1, 0.15) is 37.1 Å². The lowest BCUT2D eigenvalue weighted by atomic mass is 10.1. The first-order valence-corrected chi connectivity index (χ1v) is 6.42. The van der Waals surface area contributed by atoms with Gasteiger partial charge in [-0.05, 0) is 26.7 Å². The molecule has 0 radical (unpaired) electrons. The third-order valence-corrected chi connectivity index (χ3v) is 3.39. The fraction of sp³-hybridized carbons (Fsp3) is 0.667. The summed E-state index contributed by atoms with van der Waals surface area (Å²) in [7, 11) is 0. The van der Waals surface area contributed by atoms with Crippen molar-refractivity contribution in [2.45, 2.75) is 38.2 Å². The molecule has 1 atom stereocenters. The molecule has 1 aromatic heterocycles. The maximum absolute atomic E-state index is 9.75. The van der Waals surface area contributed by atoms with E-state index in [1.165, 1.54) is 0 Å². The maximum Gasteiger partial charge on any atom is 0.137 e. The number of rotatable bonds is 5. The van der Waals surface area contributed by atoms with E-state index in [4.69, 9.17) is 16.7 Å². The molecule has 0 aliphatic heterocycles. The van der Waals surface area contributed by atoms with Crippen LogP contribution in [0, 0.1) is 6.92 Å². The second-order valence-electron chi connectivity index (χ2n) is 5.13. The smallest absolute Gasteiger partial charge is 0.137 e. The third kappa shape index (κ3) is 3.10. The topological polar surface area (TPSA) is 78.3 Å². The van der Waals surface area contributed by atoms with Crippen LogP contribution < -0.4 is 5.32 Å². The van der Waals surface area contributed by atoms with Crippen molar-refractivity contribution in [3.05, 3.63) is 16.5 Å². The van der Waals surface area contributed by atoms with Gasteiger partial charge in [0.1, 0.15) is 22.4 Å². The maximum atomic E-state index is 9.75. The lowest BCUT2D eigenvalue weighted by Gasteiger charge is -2.22. The Labute approximate surface area is 111 Å². The molecule has 1 aliphatic carbocycles. The summed E-state index contributed by atoms with van der Waals surface area (Å²) in [5.41, 5.74) is -0.418. The molecule has 0 bridgehead atoms. The van der Waals surface area contributed by atoms with Crippen molar-refractivity contribution < 1.29 is 10.2 Å².